The third kappa shape index (κ3) is 1.35. The van der Waals surface area contributed by atoms with Gasteiger partial charge in [-0.15, -0.1) is 0 Å². The standard InChI is InChI=1S/C8H6BrN3O3/c1-3-4(8(14)15)2-10-6-5(9)7(13)11-12(3)6/h2H,1H3,(H,11,13)(H,14,15). The van der Waals surface area contributed by atoms with Crippen LogP contribution in [0.2, 0.25) is 0 Å². The molecule has 0 aliphatic carbocycles. The molecule has 0 aromatic carbocycles. The van der Waals surface area contributed by atoms with Crippen LogP contribution < -0.4 is 5.56 Å². The van der Waals surface area contributed by atoms with Crippen LogP contribution in [0.1, 0.15) is 16.1 Å². The molecular weight excluding hydrogens is 266 g/mol. The quantitative estimate of drug-likeness (QED) is 0.803. The van der Waals surface area contributed by atoms with Crippen molar-refractivity contribution in [2.45, 2.75) is 6.92 Å². The van der Waals surface area contributed by atoms with Gasteiger partial charge in [0.2, 0.25) is 0 Å². The van der Waals surface area contributed by atoms with Crippen LogP contribution in [0.4, 0.5) is 0 Å². The number of H-pyrrole nitrogens is 1. The van der Waals surface area contributed by atoms with E-state index in [0.29, 0.717) is 15.8 Å². The number of carboxylic acid groups (broad SMARTS) is 1. The van der Waals surface area contributed by atoms with Crippen molar-refractivity contribution in [2.75, 3.05) is 0 Å². The molecule has 78 valence electrons. The molecule has 0 radical (unpaired) electrons. The van der Waals surface area contributed by atoms with Crippen molar-refractivity contribution in [3.05, 3.63) is 32.3 Å². The number of nitrogens with one attached hydrogen (secondary N) is 1. The summed E-state index contributed by atoms with van der Waals surface area (Å²) in [6.07, 6.45) is 1.23. The van der Waals surface area contributed by atoms with Gasteiger partial charge in [0.15, 0.2) is 5.65 Å². The number of rotatable bonds is 1. The minimum atomic E-state index is -1.08. The fourth-order valence-electron chi connectivity index (χ4n) is 1.31. The Labute approximate surface area is 91.7 Å². The molecule has 2 N–H and O–H groups in total. The van der Waals surface area contributed by atoms with Gasteiger partial charge in [-0.25, -0.2) is 14.3 Å². The molecule has 2 heterocycles. The molecule has 0 spiro atoms. The van der Waals surface area contributed by atoms with Crippen molar-refractivity contribution in [2.24, 2.45) is 0 Å². The number of aryl methyl sites for hydroxylation is 1. The molecule has 2 aromatic rings. The molecule has 0 amide bonds. The van der Waals surface area contributed by atoms with Crippen LogP contribution >= 0.6 is 15.9 Å². The summed E-state index contributed by atoms with van der Waals surface area (Å²) in [7, 11) is 0. The number of halogens is 1. The number of aromatic amines is 1. The molecule has 7 heteroatoms. The average Bonchev–Trinajstić information content (AvgIpc) is 2.45. The topological polar surface area (TPSA) is 87.5 Å². The predicted molar refractivity (Wildman–Crippen MR) is 55.2 cm³/mol. The van der Waals surface area contributed by atoms with E-state index in [4.69, 9.17) is 5.11 Å². The number of carbonyl (C=O) groups is 1. The summed E-state index contributed by atoms with van der Waals surface area (Å²) in [5.74, 6) is -1.08. The molecule has 2 rings (SSSR count). The molecule has 0 aliphatic heterocycles. The highest BCUT2D eigenvalue weighted by atomic mass is 79.9. The van der Waals surface area contributed by atoms with Crippen molar-refractivity contribution in [1.29, 1.82) is 0 Å². The molecule has 0 atom stereocenters. The summed E-state index contributed by atoms with van der Waals surface area (Å²) < 4.78 is 1.64. The predicted octanol–water partition coefficient (Wildman–Crippen LogP) is 0.792. The van der Waals surface area contributed by atoms with Gasteiger partial charge < -0.3 is 5.11 Å². The summed E-state index contributed by atoms with van der Waals surface area (Å²) in [6, 6.07) is 0. The fourth-order valence-corrected chi connectivity index (χ4v) is 1.68. The highest BCUT2D eigenvalue weighted by Gasteiger charge is 2.14. The summed E-state index contributed by atoms with van der Waals surface area (Å²) in [6.45, 7) is 1.60. The minimum Gasteiger partial charge on any atom is -0.478 e. The lowest BCUT2D eigenvalue weighted by Gasteiger charge is -2.02. The first-order chi connectivity index (χ1) is 7.02. The van der Waals surface area contributed by atoms with Crippen molar-refractivity contribution in [1.82, 2.24) is 14.6 Å². The van der Waals surface area contributed by atoms with E-state index in [2.05, 4.69) is 26.0 Å². The van der Waals surface area contributed by atoms with Crippen molar-refractivity contribution < 1.29 is 9.90 Å². The Bertz CT molecular complexity index is 613. The largest absolute Gasteiger partial charge is 0.478 e. The number of hydrogen-bond donors (Lipinski definition) is 2. The summed E-state index contributed by atoms with van der Waals surface area (Å²) in [4.78, 5) is 25.9. The van der Waals surface area contributed by atoms with Gasteiger partial charge in [0.1, 0.15) is 4.47 Å². The van der Waals surface area contributed by atoms with Gasteiger partial charge in [-0.05, 0) is 22.9 Å². The highest BCUT2D eigenvalue weighted by molar-refractivity contribution is 9.10. The van der Waals surface area contributed by atoms with Crippen LogP contribution in [-0.2, 0) is 0 Å². The van der Waals surface area contributed by atoms with E-state index in [1.165, 1.54) is 10.7 Å². The lowest BCUT2D eigenvalue weighted by Crippen LogP contribution is -2.08. The van der Waals surface area contributed by atoms with E-state index in [-0.39, 0.29) is 11.1 Å². The molecule has 0 saturated heterocycles. The molecule has 0 fully saturated rings. The molecular formula is C8H6BrN3O3. The summed E-state index contributed by atoms with van der Waals surface area (Å²) in [5.41, 5.74) is 0.521. The molecule has 15 heavy (non-hydrogen) atoms. The molecule has 0 saturated carbocycles. The Morgan fingerprint density at radius 1 is 1.67 bits per heavy atom. The third-order valence-electron chi connectivity index (χ3n) is 2.09. The smallest absolute Gasteiger partial charge is 0.339 e. The van der Waals surface area contributed by atoms with E-state index in [1.807, 2.05) is 0 Å². The molecule has 6 nitrogen and oxygen atoms in total. The van der Waals surface area contributed by atoms with Gasteiger partial charge in [0.05, 0.1) is 11.3 Å². The van der Waals surface area contributed by atoms with Gasteiger partial charge >= 0.3 is 5.97 Å². The molecule has 0 aliphatic rings. The molecule has 0 unspecified atom stereocenters. The van der Waals surface area contributed by atoms with E-state index in [0.717, 1.165) is 0 Å². The second-order valence-corrected chi connectivity index (χ2v) is 3.77. The van der Waals surface area contributed by atoms with Crippen molar-refractivity contribution in [3.8, 4) is 0 Å². The van der Waals surface area contributed by atoms with E-state index >= 15 is 0 Å². The molecule has 0 bridgehead atoms. The van der Waals surface area contributed by atoms with Gasteiger partial charge in [-0.3, -0.25) is 9.89 Å². The lowest BCUT2D eigenvalue weighted by molar-refractivity contribution is 0.0695. The highest BCUT2D eigenvalue weighted by Crippen LogP contribution is 2.14. The van der Waals surface area contributed by atoms with Crippen molar-refractivity contribution >= 4 is 27.5 Å². The average molecular weight is 272 g/mol. The second kappa shape index (κ2) is 3.20. The van der Waals surface area contributed by atoms with Gasteiger partial charge in [0.25, 0.3) is 5.56 Å². The maximum Gasteiger partial charge on any atom is 0.339 e. The first-order valence-corrected chi connectivity index (χ1v) is 4.81. The molecule has 2 aromatic heterocycles. The summed E-state index contributed by atoms with van der Waals surface area (Å²) in [5, 5.41) is 11.3. The zero-order valence-electron chi connectivity index (χ0n) is 7.61. The third-order valence-corrected chi connectivity index (χ3v) is 2.81. The second-order valence-electron chi connectivity index (χ2n) is 2.98. The van der Waals surface area contributed by atoms with Crippen LogP contribution in [0.3, 0.4) is 0 Å². The monoisotopic (exact) mass is 271 g/mol. The van der Waals surface area contributed by atoms with E-state index in [9.17, 15) is 9.59 Å². The SMILES string of the molecule is Cc1c(C(=O)O)cnc2c(Br)c(=O)[nH]n12. The van der Waals surface area contributed by atoms with Crippen LogP contribution in [0, 0.1) is 6.92 Å². The number of fused-ring (bicyclic) bond motifs is 1. The number of nitrogens with zero attached hydrogens (tertiary/aromatic N) is 2. The first-order valence-electron chi connectivity index (χ1n) is 4.01. The first kappa shape index (κ1) is 9.91. The van der Waals surface area contributed by atoms with E-state index in [1.54, 1.807) is 6.92 Å². The Morgan fingerprint density at radius 3 is 2.93 bits per heavy atom. The summed E-state index contributed by atoms with van der Waals surface area (Å²) >= 11 is 3.07. The van der Waals surface area contributed by atoms with Crippen molar-refractivity contribution in [3.63, 3.8) is 0 Å². The van der Waals surface area contributed by atoms with Crippen LogP contribution in [-0.4, -0.2) is 25.7 Å². The van der Waals surface area contributed by atoms with Crippen LogP contribution in [0.15, 0.2) is 15.5 Å². The Balaban J connectivity index is 2.92. The van der Waals surface area contributed by atoms with Gasteiger partial charge in [0, 0.05) is 6.20 Å². The number of hydrogen-bond acceptors (Lipinski definition) is 3. The van der Waals surface area contributed by atoms with Crippen LogP contribution in [0.5, 0.6) is 0 Å². The Kier molecular flexibility index (Phi) is 2.11. The normalized spacial score (nSPS) is 10.8. The Hall–Kier alpha value is -1.63. The maximum absolute atomic E-state index is 11.3. The lowest BCUT2D eigenvalue weighted by atomic mass is 10.2. The number of aromatic nitrogens is 3. The fraction of sp³-hybridized carbons (Fsp3) is 0.125. The van der Waals surface area contributed by atoms with E-state index < -0.39 is 5.97 Å². The number of carboxylic acids is 1. The van der Waals surface area contributed by atoms with Gasteiger partial charge in [-0.1, -0.05) is 0 Å². The minimum absolute atomic E-state index is 0.0567. The van der Waals surface area contributed by atoms with Crippen LogP contribution in [0.25, 0.3) is 5.65 Å². The zero-order valence-corrected chi connectivity index (χ0v) is 9.20. The Morgan fingerprint density at radius 2 is 2.33 bits per heavy atom. The zero-order chi connectivity index (χ0) is 11.2. The number of aromatic carboxylic acids is 1. The maximum atomic E-state index is 11.3. The van der Waals surface area contributed by atoms with Gasteiger partial charge in [-0.2, -0.15) is 0 Å².